The maximum atomic E-state index is 10.3. The predicted molar refractivity (Wildman–Crippen MR) is 63.9 cm³/mol. The Kier molecular flexibility index (Phi) is 10.4. The van der Waals surface area contributed by atoms with E-state index in [1.54, 1.807) is 14.2 Å². The van der Waals surface area contributed by atoms with Crippen LogP contribution in [0.1, 0.15) is 12.8 Å². The third kappa shape index (κ3) is 9.90. The molecule has 0 spiro atoms. The molecule has 0 aromatic rings. The van der Waals surface area contributed by atoms with E-state index >= 15 is 0 Å². The van der Waals surface area contributed by atoms with Gasteiger partial charge in [0.2, 0.25) is 0 Å². The van der Waals surface area contributed by atoms with Gasteiger partial charge in [0, 0.05) is 33.8 Å². The molecule has 0 bridgehead atoms. The molecule has 16 heavy (non-hydrogen) atoms. The van der Waals surface area contributed by atoms with E-state index in [4.69, 9.17) is 19.6 Å². The standard InChI is InChI=1S/C9H22N2O4Si/c1-13-8(14-2)4-6-15-16-7-3-5-11-9(10)12/h8H,3-7,16H2,1-2H3,(H3,10,11,12). The van der Waals surface area contributed by atoms with E-state index in [0.717, 1.165) is 18.9 Å². The number of nitrogens with two attached hydrogens (primary N) is 1. The highest BCUT2D eigenvalue weighted by molar-refractivity contribution is 6.26. The number of ether oxygens (including phenoxy) is 2. The Morgan fingerprint density at radius 2 is 2.12 bits per heavy atom. The molecule has 0 saturated heterocycles. The van der Waals surface area contributed by atoms with Crippen molar-refractivity contribution in [2.75, 3.05) is 27.4 Å². The second-order valence-electron chi connectivity index (χ2n) is 3.30. The minimum absolute atomic E-state index is 0.175. The average Bonchev–Trinajstić information content (AvgIpc) is 2.27. The number of rotatable bonds is 10. The Bertz CT molecular complexity index is 179. The molecule has 0 heterocycles. The van der Waals surface area contributed by atoms with Crippen molar-refractivity contribution in [2.24, 2.45) is 5.73 Å². The Morgan fingerprint density at radius 3 is 2.69 bits per heavy atom. The van der Waals surface area contributed by atoms with Crippen molar-refractivity contribution in [1.29, 1.82) is 0 Å². The molecule has 3 N–H and O–H groups in total. The summed E-state index contributed by atoms with van der Waals surface area (Å²) in [7, 11) is 2.73. The van der Waals surface area contributed by atoms with Gasteiger partial charge in [-0.2, -0.15) is 0 Å². The molecule has 0 aromatic heterocycles. The summed E-state index contributed by atoms with van der Waals surface area (Å²) in [5.41, 5.74) is 4.92. The molecule has 0 saturated carbocycles. The summed E-state index contributed by atoms with van der Waals surface area (Å²) in [4.78, 5) is 10.3. The fraction of sp³-hybridized carbons (Fsp3) is 0.889. The van der Waals surface area contributed by atoms with Gasteiger partial charge in [-0.1, -0.05) is 0 Å². The number of amides is 2. The van der Waals surface area contributed by atoms with E-state index in [2.05, 4.69) is 5.32 Å². The van der Waals surface area contributed by atoms with Crippen molar-refractivity contribution >= 4 is 15.8 Å². The number of primary amides is 1. The summed E-state index contributed by atoms with van der Waals surface area (Å²) in [5, 5.41) is 2.54. The zero-order chi connectivity index (χ0) is 12.2. The molecule has 0 radical (unpaired) electrons. The predicted octanol–water partition coefficient (Wildman–Crippen LogP) is -0.427. The molecule has 0 aliphatic heterocycles. The normalized spacial score (nSPS) is 11.4. The zero-order valence-corrected chi connectivity index (χ0v) is 11.4. The van der Waals surface area contributed by atoms with Crippen molar-refractivity contribution < 1.29 is 18.7 Å². The van der Waals surface area contributed by atoms with Crippen molar-refractivity contribution in [3.05, 3.63) is 0 Å². The molecule has 0 rings (SSSR count). The second-order valence-corrected chi connectivity index (χ2v) is 4.82. The van der Waals surface area contributed by atoms with Gasteiger partial charge in [-0.25, -0.2) is 4.79 Å². The second kappa shape index (κ2) is 10.9. The summed E-state index contributed by atoms with van der Waals surface area (Å²) in [6, 6.07) is 0.566. The summed E-state index contributed by atoms with van der Waals surface area (Å²) in [6.07, 6.45) is 1.50. The number of nitrogens with one attached hydrogen (secondary N) is 1. The minimum atomic E-state index is -0.495. The number of hydrogen-bond donors (Lipinski definition) is 2. The van der Waals surface area contributed by atoms with E-state index < -0.39 is 15.8 Å². The number of carbonyl (C=O) groups excluding carboxylic acids is 1. The Balaban J connectivity index is 3.12. The van der Waals surface area contributed by atoms with Crippen LogP contribution in [0.25, 0.3) is 0 Å². The SMILES string of the molecule is COC(CCO[SiH2]CCCNC(N)=O)OC. The lowest BCUT2D eigenvalue weighted by Crippen LogP contribution is -2.30. The molecular formula is C9H22N2O4Si. The van der Waals surface area contributed by atoms with Crippen molar-refractivity contribution in [3.63, 3.8) is 0 Å². The van der Waals surface area contributed by atoms with Crippen LogP contribution in [0.2, 0.25) is 6.04 Å². The molecule has 0 atom stereocenters. The van der Waals surface area contributed by atoms with Gasteiger partial charge in [0.1, 0.15) is 0 Å². The van der Waals surface area contributed by atoms with Crippen LogP contribution in [0.5, 0.6) is 0 Å². The number of hydrogen-bond acceptors (Lipinski definition) is 4. The first-order valence-electron chi connectivity index (χ1n) is 5.37. The van der Waals surface area contributed by atoms with Crippen molar-refractivity contribution in [3.8, 4) is 0 Å². The molecule has 0 aliphatic rings. The van der Waals surface area contributed by atoms with Gasteiger partial charge in [-0.15, -0.1) is 0 Å². The fourth-order valence-corrected chi connectivity index (χ4v) is 2.18. The van der Waals surface area contributed by atoms with Crippen LogP contribution in [-0.2, 0) is 13.9 Å². The highest BCUT2D eigenvalue weighted by Crippen LogP contribution is 1.98. The number of carbonyl (C=O) groups is 1. The van der Waals surface area contributed by atoms with Gasteiger partial charge < -0.3 is 25.0 Å². The summed E-state index contributed by atoms with van der Waals surface area (Å²) in [5.74, 6) is 0. The molecule has 0 aromatic carbocycles. The van der Waals surface area contributed by atoms with Crippen LogP contribution >= 0.6 is 0 Å². The first kappa shape index (κ1) is 15.4. The summed E-state index contributed by atoms with van der Waals surface area (Å²) in [6.45, 7) is 1.30. The maximum Gasteiger partial charge on any atom is 0.312 e. The number of methoxy groups -OCH3 is 2. The summed E-state index contributed by atoms with van der Waals surface area (Å²) >= 11 is 0. The molecular weight excluding hydrogens is 228 g/mol. The van der Waals surface area contributed by atoms with E-state index in [1.807, 2.05) is 0 Å². The van der Waals surface area contributed by atoms with Crippen LogP contribution in [0, 0.1) is 0 Å². The number of urea groups is 1. The van der Waals surface area contributed by atoms with Crippen molar-refractivity contribution in [1.82, 2.24) is 5.32 Å². The van der Waals surface area contributed by atoms with Crippen LogP contribution in [0.3, 0.4) is 0 Å². The van der Waals surface area contributed by atoms with Crippen LogP contribution in [0.15, 0.2) is 0 Å². The molecule has 96 valence electrons. The van der Waals surface area contributed by atoms with E-state index in [-0.39, 0.29) is 6.29 Å². The highest BCUT2D eigenvalue weighted by Gasteiger charge is 2.03. The van der Waals surface area contributed by atoms with Gasteiger partial charge >= 0.3 is 6.03 Å². The Labute approximate surface area is 98.7 Å². The third-order valence-corrected chi connectivity index (χ3v) is 3.40. The first-order chi connectivity index (χ1) is 7.70. The monoisotopic (exact) mass is 250 g/mol. The highest BCUT2D eigenvalue weighted by atomic mass is 28.2. The van der Waals surface area contributed by atoms with Crippen LogP contribution in [-0.4, -0.2) is 49.5 Å². The topological polar surface area (TPSA) is 82.8 Å². The van der Waals surface area contributed by atoms with E-state index in [0.29, 0.717) is 13.2 Å². The zero-order valence-electron chi connectivity index (χ0n) is 10.0. The van der Waals surface area contributed by atoms with E-state index in [1.165, 1.54) is 0 Å². The van der Waals surface area contributed by atoms with Crippen molar-refractivity contribution in [2.45, 2.75) is 25.2 Å². The molecule has 0 fully saturated rings. The molecule has 2 amide bonds. The van der Waals surface area contributed by atoms with E-state index in [9.17, 15) is 4.79 Å². The lowest BCUT2D eigenvalue weighted by Gasteiger charge is -2.13. The molecule has 7 heteroatoms. The van der Waals surface area contributed by atoms with Gasteiger partial charge in [-0.3, -0.25) is 0 Å². The minimum Gasteiger partial charge on any atom is -0.424 e. The lowest BCUT2D eigenvalue weighted by molar-refractivity contribution is -0.110. The first-order valence-corrected chi connectivity index (χ1v) is 6.95. The molecule has 6 nitrogen and oxygen atoms in total. The third-order valence-electron chi connectivity index (χ3n) is 2.04. The van der Waals surface area contributed by atoms with Gasteiger partial charge in [-0.05, 0) is 12.5 Å². The Hall–Kier alpha value is -0.633. The maximum absolute atomic E-state index is 10.3. The van der Waals surface area contributed by atoms with Gasteiger partial charge in [0.05, 0.1) is 0 Å². The van der Waals surface area contributed by atoms with Gasteiger partial charge in [0.25, 0.3) is 0 Å². The fourth-order valence-electron chi connectivity index (χ4n) is 1.15. The van der Waals surface area contributed by atoms with Crippen LogP contribution in [0.4, 0.5) is 4.79 Å². The smallest absolute Gasteiger partial charge is 0.312 e. The average molecular weight is 250 g/mol. The molecule has 0 unspecified atom stereocenters. The Morgan fingerprint density at radius 1 is 1.44 bits per heavy atom. The largest absolute Gasteiger partial charge is 0.424 e. The lowest BCUT2D eigenvalue weighted by atomic mass is 10.4. The van der Waals surface area contributed by atoms with Crippen LogP contribution < -0.4 is 11.1 Å². The quantitative estimate of drug-likeness (QED) is 0.313. The van der Waals surface area contributed by atoms with Gasteiger partial charge in [0.15, 0.2) is 16.1 Å². The molecule has 0 aliphatic carbocycles. The summed E-state index contributed by atoms with van der Waals surface area (Å²) < 4.78 is 15.6.